The molecule has 2 nitrogen and oxygen atoms in total. The van der Waals surface area contributed by atoms with E-state index in [9.17, 15) is 0 Å². The third-order valence-electron chi connectivity index (χ3n) is 3.15. The summed E-state index contributed by atoms with van der Waals surface area (Å²) in [7, 11) is 2.19. The van der Waals surface area contributed by atoms with E-state index in [4.69, 9.17) is 11.6 Å². The highest BCUT2D eigenvalue weighted by Gasteiger charge is 2.15. The van der Waals surface area contributed by atoms with Gasteiger partial charge in [-0.05, 0) is 37.6 Å². The van der Waals surface area contributed by atoms with Crippen molar-refractivity contribution in [2.24, 2.45) is 0 Å². The first-order valence-electron chi connectivity index (χ1n) is 5.90. The van der Waals surface area contributed by atoms with Gasteiger partial charge in [-0.2, -0.15) is 0 Å². The van der Waals surface area contributed by atoms with E-state index < -0.39 is 0 Å². The van der Waals surface area contributed by atoms with Gasteiger partial charge in [-0.25, -0.2) is 0 Å². The average molecular weight is 239 g/mol. The molecule has 0 spiro atoms. The van der Waals surface area contributed by atoms with Gasteiger partial charge in [0.2, 0.25) is 0 Å². The molecule has 1 heterocycles. The Morgan fingerprint density at radius 1 is 1.38 bits per heavy atom. The zero-order chi connectivity index (χ0) is 11.4. The van der Waals surface area contributed by atoms with Gasteiger partial charge in [0.25, 0.3) is 0 Å². The average Bonchev–Trinajstić information content (AvgIpc) is 2.28. The van der Waals surface area contributed by atoms with Gasteiger partial charge in [-0.1, -0.05) is 23.7 Å². The minimum Gasteiger partial charge on any atom is -0.311 e. The van der Waals surface area contributed by atoms with Gasteiger partial charge < -0.3 is 10.2 Å². The van der Waals surface area contributed by atoms with Crippen LogP contribution in [0.4, 0.5) is 0 Å². The first kappa shape index (κ1) is 11.9. The van der Waals surface area contributed by atoms with Crippen LogP contribution in [0.3, 0.4) is 0 Å². The molecule has 0 saturated carbocycles. The smallest absolute Gasteiger partial charge is 0.0406 e. The molecule has 0 bridgehead atoms. The summed E-state index contributed by atoms with van der Waals surface area (Å²) in [6, 6.07) is 8.81. The fourth-order valence-electron chi connectivity index (χ4n) is 2.18. The number of hydrogen-bond donors (Lipinski definition) is 1. The van der Waals surface area contributed by atoms with Gasteiger partial charge in [0.1, 0.15) is 0 Å². The van der Waals surface area contributed by atoms with E-state index >= 15 is 0 Å². The van der Waals surface area contributed by atoms with E-state index in [2.05, 4.69) is 29.4 Å². The predicted octanol–water partition coefficient (Wildman–Crippen LogP) is 2.18. The molecule has 88 valence electrons. The second-order valence-electron chi connectivity index (χ2n) is 4.58. The Balaban J connectivity index is 1.80. The van der Waals surface area contributed by atoms with Crippen LogP contribution < -0.4 is 5.32 Å². The fourth-order valence-corrected chi connectivity index (χ4v) is 2.30. The lowest BCUT2D eigenvalue weighted by molar-refractivity contribution is 0.232. The molecule has 0 radical (unpaired) electrons. The maximum atomic E-state index is 5.86. The van der Waals surface area contributed by atoms with E-state index in [-0.39, 0.29) is 0 Å². The maximum absolute atomic E-state index is 5.86. The quantitative estimate of drug-likeness (QED) is 0.869. The number of nitrogens with zero attached hydrogens (tertiary/aromatic N) is 1. The van der Waals surface area contributed by atoms with E-state index in [0.717, 1.165) is 31.1 Å². The van der Waals surface area contributed by atoms with E-state index in [0.29, 0.717) is 6.04 Å². The molecule has 1 aromatic rings. The number of aryl methyl sites for hydroxylation is 1. The Morgan fingerprint density at radius 2 is 2.12 bits per heavy atom. The zero-order valence-corrected chi connectivity index (χ0v) is 10.5. The summed E-state index contributed by atoms with van der Waals surface area (Å²) in [6.07, 6.45) is 2.33. The van der Waals surface area contributed by atoms with Crippen molar-refractivity contribution in [3.05, 3.63) is 34.9 Å². The lowest BCUT2D eigenvalue weighted by atomic mass is 10.0. The Bertz CT molecular complexity index is 323. The maximum Gasteiger partial charge on any atom is 0.0406 e. The van der Waals surface area contributed by atoms with Crippen LogP contribution in [-0.4, -0.2) is 37.6 Å². The SMILES string of the molecule is CN1CCNC(CCc2ccc(Cl)cc2)C1. The largest absolute Gasteiger partial charge is 0.311 e. The molecule has 1 fully saturated rings. The van der Waals surface area contributed by atoms with Gasteiger partial charge in [-0.15, -0.1) is 0 Å². The minimum absolute atomic E-state index is 0.634. The second kappa shape index (κ2) is 5.67. The molecule has 1 saturated heterocycles. The monoisotopic (exact) mass is 238 g/mol. The third kappa shape index (κ3) is 3.48. The van der Waals surface area contributed by atoms with Crippen molar-refractivity contribution in [2.75, 3.05) is 26.7 Å². The minimum atomic E-state index is 0.634. The van der Waals surface area contributed by atoms with Crippen molar-refractivity contribution < 1.29 is 0 Å². The predicted molar refractivity (Wildman–Crippen MR) is 69.1 cm³/mol. The molecular weight excluding hydrogens is 220 g/mol. The van der Waals surface area contributed by atoms with Gasteiger partial charge in [-0.3, -0.25) is 0 Å². The Kier molecular flexibility index (Phi) is 4.22. The van der Waals surface area contributed by atoms with Crippen LogP contribution in [0.25, 0.3) is 0 Å². The molecule has 1 aromatic carbocycles. The number of halogens is 1. The van der Waals surface area contributed by atoms with Crippen molar-refractivity contribution in [1.82, 2.24) is 10.2 Å². The van der Waals surface area contributed by atoms with Gasteiger partial charge >= 0.3 is 0 Å². The van der Waals surface area contributed by atoms with Crippen molar-refractivity contribution in [1.29, 1.82) is 0 Å². The number of nitrogens with one attached hydrogen (secondary N) is 1. The van der Waals surface area contributed by atoms with Gasteiger partial charge in [0.15, 0.2) is 0 Å². The van der Waals surface area contributed by atoms with Crippen molar-refractivity contribution >= 4 is 11.6 Å². The second-order valence-corrected chi connectivity index (χ2v) is 5.01. The Labute approximate surface area is 103 Å². The van der Waals surface area contributed by atoms with Crippen molar-refractivity contribution in [3.8, 4) is 0 Å². The number of hydrogen-bond acceptors (Lipinski definition) is 2. The molecule has 2 rings (SSSR count). The van der Waals surface area contributed by atoms with Crippen LogP contribution in [-0.2, 0) is 6.42 Å². The van der Waals surface area contributed by atoms with Crippen LogP contribution in [0.2, 0.25) is 5.02 Å². The molecule has 1 atom stereocenters. The summed E-state index contributed by atoms with van der Waals surface area (Å²) in [5, 5.41) is 4.38. The van der Waals surface area contributed by atoms with Crippen LogP contribution in [0.15, 0.2) is 24.3 Å². The van der Waals surface area contributed by atoms with Crippen LogP contribution >= 0.6 is 11.6 Å². The number of rotatable bonds is 3. The highest BCUT2D eigenvalue weighted by atomic mass is 35.5. The number of piperazine rings is 1. The van der Waals surface area contributed by atoms with Crippen LogP contribution in [0.5, 0.6) is 0 Å². The normalized spacial score (nSPS) is 22.2. The number of benzene rings is 1. The summed E-state index contributed by atoms with van der Waals surface area (Å²) in [4.78, 5) is 2.39. The topological polar surface area (TPSA) is 15.3 Å². The Hall–Kier alpha value is -0.570. The first-order valence-corrected chi connectivity index (χ1v) is 6.28. The fraction of sp³-hybridized carbons (Fsp3) is 0.538. The highest BCUT2D eigenvalue weighted by Crippen LogP contribution is 2.12. The van der Waals surface area contributed by atoms with Gasteiger partial charge in [0, 0.05) is 30.7 Å². The highest BCUT2D eigenvalue weighted by molar-refractivity contribution is 6.30. The summed E-state index contributed by atoms with van der Waals surface area (Å²) >= 11 is 5.86. The third-order valence-corrected chi connectivity index (χ3v) is 3.41. The van der Waals surface area contributed by atoms with Gasteiger partial charge in [0.05, 0.1) is 0 Å². The standard InChI is InChI=1S/C13H19ClN2/c1-16-9-8-15-13(10-16)7-4-11-2-5-12(14)6-3-11/h2-3,5-6,13,15H,4,7-10H2,1H3. The van der Waals surface area contributed by atoms with E-state index in [1.807, 2.05) is 12.1 Å². The van der Waals surface area contributed by atoms with E-state index in [1.165, 1.54) is 12.0 Å². The summed E-state index contributed by atoms with van der Waals surface area (Å²) in [6.45, 7) is 3.44. The van der Waals surface area contributed by atoms with Crippen molar-refractivity contribution in [3.63, 3.8) is 0 Å². The lowest BCUT2D eigenvalue weighted by Crippen LogP contribution is -2.49. The zero-order valence-electron chi connectivity index (χ0n) is 9.75. The molecule has 1 aliphatic heterocycles. The molecule has 3 heteroatoms. The summed E-state index contributed by atoms with van der Waals surface area (Å²) in [5.74, 6) is 0. The molecular formula is C13H19ClN2. The molecule has 0 aliphatic carbocycles. The number of likely N-dealkylation sites (N-methyl/N-ethyl adjacent to an activating group) is 1. The molecule has 0 aromatic heterocycles. The van der Waals surface area contributed by atoms with Crippen LogP contribution in [0.1, 0.15) is 12.0 Å². The van der Waals surface area contributed by atoms with Crippen molar-refractivity contribution in [2.45, 2.75) is 18.9 Å². The molecule has 1 aliphatic rings. The van der Waals surface area contributed by atoms with E-state index in [1.54, 1.807) is 0 Å². The lowest BCUT2D eigenvalue weighted by Gasteiger charge is -2.30. The summed E-state index contributed by atoms with van der Waals surface area (Å²) in [5.41, 5.74) is 1.37. The summed E-state index contributed by atoms with van der Waals surface area (Å²) < 4.78 is 0. The molecule has 16 heavy (non-hydrogen) atoms. The molecule has 0 amide bonds. The molecule has 1 N–H and O–H groups in total. The first-order chi connectivity index (χ1) is 7.74. The molecule has 1 unspecified atom stereocenters. The van der Waals surface area contributed by atoms with Crippen LogP contribution in [0, 0.1) is 0 Å². The Morgan fingerprint density at radius 3 is 2.81 bits per heavy atom.